The molecule has 0 aliphatic rings. The largest absolute Gasteiger partial charge is 0.493 e. The fraction of sp³-hybridized carbons (Fsp3) is 0.391. The Hall–Kier alpha value is -1.84. The molecular weight excluding hydrogens is 391 g/mol. The van der Waals surface area contributed by atoms with Crippen LogP contribution in [0.25, 0.3) is 22.2 Å². The summed E-state index contributed by atoms with van der Waals surface area (Å²) >= 11 is 13.0. The first kappa shape index (κ1) is 20.9. The lowest BCUT2D eigenvalue weighted by Gasteiger charge is -2.22. The summed E-state index contributed by atoms with van der Waals surface area (Å²) in [6, 6.07) is 7.96. The highest BCUT2D eigenvalue weighted by atomic mass is 35.5. The minimum absolute atomic E-state index is 0.0230. The predicted molar refractivity (Wildman–Crippen MR) is 119 cm³/mol. The van der Waals surface area contributed by atoms with E-state index >= 15 is 0 Å². The number of unbranched alkanes of at least 4 members (excludes halogenated alkanes) is 1. The Morgan fingerprint density at radius 2 is 1.86 bits per heavy atom. The zero-order valence-electron chi connectivity index (χ0n) is 17.1. The maximum absolute atomic E-state index is 6.63. The fourth-order valence-electron chi connectivity index (χ4n) is 3.22. The van der Waals surface area contributed by atoms with E-state index in [0.29, 0.717) is 17.5 Å². The fourth-order valence-corrected chi connectivity index (χ4v) is 3.91. The molecule has 0 fully saturated rings. The van der Waals surface area contributed by atoms with E-state index in [1.807, 2.05) is 18.2 Å². The van der Waals surface area contributed by atoms with Gasteiger partial charge in [0.2, 0.25) is 0 Å². The molecule has 148 valence electrons. The van der Waals surface area contributed by atoms with Crippen LogP contribution >= 0.6 is 23.2 Å². The average Bonchev–Trinajstić information content (AvgIpc) is 2.62. The molecule has 0 radical (unpaired) electrons. The molecule has 5 heteroatoms. The van der Waals surface area contributed by atoms with Crippen LogP contribution in [0.15, 0.2) is 30.5 Å². The molecule has 2 aromatic heterocycles. The van der Waals surface area contributed by atoms with E-state index in [-0.39, 0.29) is 5.41 Å². The van der Waals surface area contributed by atoms with Crippen LogP contribution in [0, 0.1) is 6.92 Å². The number of nitrogens with zero attached hydrogens (tertiary/aromatic N) is 2. The molecule has 3 rings (SSSR count). The summed E-state index contributed by atoms with van der Waals surface area (Å²) in [7, 11) is 0. The van der Waals surface area contributed by atoms with Gasteiger partial charge in [0.05, 0.1) is 23.2 Å². The minimum atomic E-state index is -0.0230. The lowest BCUT2D eigenvalue weighted by atomic mass is 9.85. The summed E-state index contributed by atoms with van der Waals surface area (Å²) in [6.45, 7) is 11.3. The van der Waals surface area contributed by atoms with Gasteiger partial charge >= 0.3 is 0 Å². The Balaban J connectivity index is 2.17. The molecule has 0 saturated heterocycles. The van der Waals surface area contributed by atoms with Crippen molar-refractivity contribution < 1.29 is 4.74 Å². The normalized spacial score (nSPS) is 11.8. The van der Waals surface area contributed by atoms with E-state index in [1.165, 1.54) is 0 Å². The van der Waals surface area contributed by atoms with Gasteiger partial charge in [-0.2, -0.15) is 0 Å². The van der Waals surface area contributed by atoms with Crippen LogP contribution in [0.2, 0.25) is 10.2 Å². The summed E-state index contributed by atoms with van der Waals surface area (Å²) in [5.74, 6) is 0.710. The van der Waals surface area contributed by atoms with Crippen LogP contribution in [0.5, 0.6) is 5.75 Å². The number of pyridine rings is 2. The van der Waals surface area contributed by atoms with Crippen LogP contribution in [0.1, 0.15) is 51.7 Å². The van der Waals surface area contributed by atoms with E-state index in [9.17, 15) is 0 Å². The first-order valence-electron chi connectivity index (χ1n) is 9.61. The number of halogens is 2. The number of fused-ring (bicyclic) bond motifs is 1. The lowest BCUT2D eigenvalue weighted by molar-refractivity contribution is 0.313. The van der Waals surface area contributed by atoms with Crippen molar-refractivity contribution in [2.45, 2.75) is 52.9 Å². The van der Waals surface area contributed by atoms with Crippen molar-refractivity contribution in [3.05, 3.63) is 51.8 Å². The molecule has 0 saturated carbocycles. The van der Waals surface area contributed by atoms with Gasteiger partial charge in [-0.25, -0.2) is 9.97 Å². The van der Waals surface area contributed by atoms with Crippen molar-refractivity contribution in [2.75, 3.05) is 6.61 Å². The molecule has 28 heavy (non-hydrogen) atoms. The van der Waals surface area contributed by atoms with Crippen LogP contribution in [0.3, 0.4) is 0 Å². The van der Waals surface area contributed by atoms with Gasteiger partial charge in [-0.15, -0.1) is 0 Å². The highest BCUT2D eigenvalue weighted by molar-refractivity contribution is 6.34. The lowest BCUT2D eigenvalue weighted by Crippen LogP contribution is -2.12. The molecule has 1 aromatic carbocycles. The second kappa shape index (κ2) is 8.26. The quantitative estimate of drug-likeness (QED) is 0.321. The van der Waals surface area contributed by atoms with Gasteiger partial charge in [0.1, 0.15) is 10.9 Å². The average molecular weight is 417 g/mol. The molecule has 0 aliphatic heterocycles. The Labute approximate surface area is 177 Å². The van der Waals surface area contributed by atoms with Crippen molar-refractivity contribution in [1.82, 2.24) is 9.97 Å². The Morgan fingerprint density at radius 3 is 2.54 bits per heavy atom. The standard InChI is InChI=1S/C23H26Cl2N2O/c1-6-7-10-28-20-13-19(27-18-8-9-26-22(25)21(18)20)15-12-17(24)16(11-14(15)2)23(3,4)5/h8-9,11-13H,6-7,10H2,1-5H3. The number of aromatic nitrogens is 2. The van der Waals surface area contributed by atoms with Crippen molar-refractivity contribution in [2.24, 2.45) is 0 Å². The molecule has 0 amide bonds. The molecule has 3 nitrogen and oxygen atoms in total. The second-order valence-corrected chi connectivity index (χ2v) is 8.87. The van der Waals surface area contributed by atoms with Crippen molar-refractivity contribution in [1.29, 1.82) is 0 Å². The van der Waals surface area contributed by atoms with Gasteiger partial charge in [-0.1, -0.05) is 63.4 Å². The van der Waals surface area contributed by atoms with Gasteiger partial charge in [-0.3, -0.25) is 0 Å². The molecule has 0 N–H and O–H groups in total. The number of ether oxygens (including phenoxy) is 1. The number of hydrogen-bond donors (Lipinski definition) is 0. The molecule has 0 spiro atoms. The van der Waals surface area contributed by atoms with E-state index in [4.69, 9.17) is 32.9 Å². The van der Waals surface area contributed by atoms with Crippen molar-refractivity contribution in [3.63, 3.8) is 0 Å². The Morgan fingerprint density at radius 1 is 1.11 bits per heavy atom. The van der Waals surface area contributed by atoms with E-state index in [1.54, 1.807) is 6.20 Å². The zero-order valence-corrected chi connectivity index (χ0v) is 18.6. The molecule has 0 aliphatic carbocycles. The van der Waals surface area contributed by atoms with Crippen LogP contribution < -0.4 is 4.74 Å². The summed E-state index contributed by atoms with van der Waals surface area (Å²) in [5, 5.41) is 1.90. The summed E-state index contributed by atoms with van der Waals surface area (Å²) in [6.07, 6.45) is 3.70. The van der Waals surface area contributed by atoms with Gasteiger partial charge in [0, 0.05) is 22.8 Å². The van der Waals surface area contributed by atoms with Crippen LogP contribution in [-0.2, 0) is 5.41 Å². The molecular formula is C23H26Cl2N2O. The highest BCUT2D eigenvalue weighted by Gasteiger charge is 2.20. The van der Waals surface area contributed by atoms with Crippen molar-refractivity contribution >= 4 is 34.1 Å². The number of rotatable bonds is 5. The summed E-state index contributed by atoms with van der Waals surface area (Å²) in [4.78, 5) is 9.02. The zero-order chi connectivity index (χ0) is 20.5. The number of aryl methyl sites for hydroxylation is 1. The predicted octanol–water partition coefficient (Wildman–Crippen LogP) is 7.39. The van der Waals surface area contributed by atoms with Gasteiger partial charge in [-0.05, 0) is 42.0 Å². The maximum Gasteiger partial charge on any atom is 0.142 e. The van der Waals surface area contributed by atoms with Gasteiger partial charge in [0.25, 0.3) is 0 Å². The highest BCUT2D eigenvalue weighted by Crippen LogP contribution is 2.38. The molecule has 0 bridgehead atoms. The van der Waals surface area contributed by atoms with Gasteiger partial charge in [0.15, 0.2) is 0 Å². The number of hydrogen-bond acceptors (Lipinski definition) is 3. The van der Waals surface area contributed by atoms with E-state index < -0.39 is 0 Å². The first-order valence-corrected chi connectivity index (χ1v) is 10.4. The topological polar surface area (TPSA) is 35.0 Å². The maximum atomic E-state index is 6.63. The third-order valence-electron chi connectivity index (χ3n) is 4.79. The minimum Gasteiger partial charge on any atom is -0.493 e. The molecule has 0 unspecified atom stereocenters. The molecule has 3 aromatic rings. The third-order valence-corrected chi connectivity index (χ3v) is 5.39. The monoisotopic (exact) mass is 416 g/mol. The number of benzene rings is 1. The smallest absolute Gasteiger partial charge is 0.142 e. The molecule has 0 atom stereocenters. The Kier molecular flexibility index (Phi) is 6.16. The van der Waals surface area contributed by atoms with Crippen LogP contribution in [-0.4, -0.2) is 16.6 Å². The van der Waals surface area contributed by atoms with Gasteiger partial charge < -0.3 is 4.74 Å². The third kappa shape index (κ3) is 4.26. The second-order valence-electron chi connectivity index (χ2n) is 8.10. The van der Waals surface area contributed by atoms with E-state index in [2.05, 4.69) is 45.7 Å². The summed E-state index contributed by atoms with van der Waals surface area (Å²) in [5.41, 5.74) is 4.81. The first-order chi connectivity index (χ1) is 13.2. The van der Waals surface area contributed by atoms with Crippen LogP contribution in [0.4, 0.5) is 0 Å². The van der Waals surface area contributed by atoms with Crippen molar-refractivity contribution in [3.8, 4) is 17.0 Å². The molecule has 2 heterocycles. The van der Waals surface area contributed by atoms with E-state index in [0.717, 1.165) is 51.2 Å². The SMILES string of the molecule is CCCCOc1cc(-c2cc(Cl)c(C(C)(C)C)cc2C)nc2ccnc(Cl)c12. The Bertz CT molecular complexity index is 1010. The summed E-state index contributed by atoms with van der Waals surface area (Å²) < 4.78 is 6.05.